The van der Waals surface area contributed by atoms with Gasteiger partial charge in [-0.2, -0.15) is 0 Å². The number of amides is 1. The summed E-state index contributed by atoms with van der Waals surface area (Å²) < 4.78 is 0. The highest BCUT2D eigenvalue weighted by Crippen LogP contribution is 2.30. The second-order valence-electron chi connectivity index (χ2n) is 5.05. The molecular formula is C16H21N3OS. The Labute approximate surface area is 129 Å². The Hall–Kier alpha value is -1.72. The van der Waals surface area contributed by atoms with E-state index in [1.165, 1.54) is 16.9 Å². The molecule has 0 aliphatic carbocycles. The number of thiazole rings is 1. The predicted molar refractivity (Wildman–Crippen MR) is 88.8 cm³/mol. The minimum absolute atomic E-state index is 0.0226. The van der Waals surface area contributed by atoms with Gasteiger partial charge in [-0.1, -0.05) is 29.8 Å². The fraction of sp³-hybridized carbons (Fsp3) is 0.375. The van der Waals surface area contributed by atoms with Crippen LogP contribution in [0.2, 0.25) is 0 Å². The molecule has 4 nitrogen and oxygen atoms in total. The lowest BCUT2D eigenvalue weighted by atomic mass is 10.1. The van der Waals surface area contributed by atoms with E-state index >= 15 is 0 Å². The summed E-state index contributed by atoms with van der Waals surface area (Å²) in [6.45, 7) is 4.94. The Morgan fingerprint density at radius 2 is 1.95 bits per heavy atom. The Balaban J connectivity index is 2.05. The average Bonchev–Trinajstić information content (AvgIpc) is 2.80. The molecule has 2 aromatic rings. The fourth-order valence-corrected chi connectivity index (χ4v) is 2.89. The molecule has 0 saturated heterocycles. The molecule has 5 heteroatoms. The van der Waals surface area contributed by atoms with Crippen LogP contribution in [0.3, 0.4) is 0 Å². The number of carbonyl (C=O) groups excluding carboxylic acids is 1. The van der Waals surface area contributed by atoms with Crippen LogP contribution in [0.5, 0.6) is 0 Å². The SMILES string of the molecule is CNCCCC(=O)Nc1nc(-c2ccc(C)cc2)c(C)s1. The molecule has 21 heavy (non-hydrogen) atoms. The van der Waals surface area contributed by atoms with Crippen molar-refractivity contribution in [2.24, 2.45) is 0 Å². The van der Waals surface area contributed by atoms with Gasteiger partial charge in [-0.25, -0.2) is 4.98 Å². The maximum atomic E-state index is 11.8. The number of aryl methyl sites for hydroxylation is 2. The smallest absolute Gasteiger partial charge is 0.226 e. The predicted octanol–water partition coefficient (Wildman–Crippen LogP) is 3.37. The summed E-state index contributed by atoms with van der Waals surface area (Å²) in [7, 11) is 1.88. The third-order valence-electron chi connectivity index (χ3n) is 3.20. The maximum absolute atomic E-state index is 11.8. The van der Waals surface area contributed by atoms with Crippen molar-refractivity contribution in [3.63, 3.8) is 0 Å². The first kappa shape index (κ1) is 15.7. The van der Waals surface area contributed by atoms with Crippen LogP contribution in [0, 0.1) is 13.8 Å². The third kappa shape index (κ3) is 4.37. The standard InChI is InChI=1S/C16H21N3OS/c1-11-6-8-13(9-7-11)15-12(2)21-16(19-15)18-14(20)5-4-10-17-3/h6-9,17H,4-5,10H2,1-3H3,(H,18,19,20). The molecule has 0 radical (unpaired) electrons. The number of carbonyl (C=O) groups is 1. The Morgan fingerprint density at radius 3 is 2.62 bits per heavy atom. The fourth-order valence-electron chi connectivity index (χ4n) is 2.04. The Bertz CT molecular complexity index is 604. The molecule has 0 saturated carbocycles. The van der Waals surface area contributed by atoms with E-state index in [1.807, 2.05) is 14.0 Å². The molecule has 1 aromatic heterocycles. The summed E-state index contributed by atoms with van der Waals surface area (Å²) in [6.07, 6.45) is 1.34. The zero-order valence-electron chi connectivity index (χ0n) is 12.7. The van der Waals surface area contributed by atoms with Gasteiger partial charge in [0.1, 0.15) is 0 Å². The van der Waals surface area contributed by atoms with Gasteiger partial charge in [-0.05, 0) is 33.9 Å². The lowest BCUT2D eigenvalue weighted by Gasteiger charge is -2.01. The van der Waals surface area contributed by atoms with Gasteiger partial charge >= 0.3 is 0 Å². The maximum Gasteiger partial charge on any atom is 0.226 e. The second-order valence-corrected chi connectivity index (χ2v) is 6.25. The van der Waals surface area contributed by atoms with Crippen LogP contribution >= 0.6 is 11.3 Å². The minimum atomic E-state index is 0.0226. The molecule has 2 N–H and O–H groups in total. The lowest BCUT2D eigenvalue weighted by molar-refractivity contribution is -0.116. The monoisotopic (exact) mass is 303 g/mol. The topological polar surface area (TPSA) is 54.0 Å². The van der Waals surface area contributed by atoms with Crippen molar-refractivity contribution in [3.05, 3.63) is 34.7 Å². The van der Waals surface area contributed by atoms with Crippen LogP contribution < -0.4 is 10.6 Å². The molecule has 112 valence electrons. The summed E-state index contributed by atoms with van der Waals surface area (Å²) in [6, 6.07) is 8.28. The molecule has 0 atom stereocenters. The molecular weight excluding hydrogens is 282 g/mol. The molecule has 0 fully saturated rings. The van der Waals surface area contributed by atoms with Crippen LogP contribution in [0.4, 0.5) is 5.13 Å². The van der Waals surface area contributed by atoms with Gasteiger partial charge in [0.05, 0.1) is 5.69 Å². The van der Waals surface area contributed by atoms with E-state index in [0.29, 0.717) is 11.6 Å². The molecule has 0 aliphatic heterocycles. The molecule has 1 amide bonds. The largest absolute Gasteiger partial charge is 0.320 e. The van der Waals surface area contributed by atoms with Crippen molar-refractivity contribution in [2.45, 2.75) is 26.7 Å². The number of hydrogen-bond acceptors (Lipinski definition) is 4. The third-order valence-corrected chi connectivity index (χ3v) is 4.08. The first-order chi connectivity index (χ1) is 10.1. The first-order valence-electron chi connectivity index (χ1n) is 7.09. The van der Waals surface area contributed by atoms with Gasteiger partial charge < -0.3 is 10.6 Å². The van der Waals surface area contributed by atoms with E-state index in [4.69, 9.17) is 0 Å². The number of hydrogen-bond donors (Lipinski definition) is 2. The summed E-state index contributed by atoms with van der Waals surface area (Å²) in [5.74, 6) is 0.0226. The van der Waals surface area contributed by atoms with Crippen LogP contribution in [0.15, 0.2) is 24.3 Å². The molecule has 2 rings (SSSR count). The van der Waals surface area contributed by atoms with Gasteiger partial charge in [-0.3, -0.25) is 4.79 Å². The van der Waals surface area contributed by atoms with Crippen LogP contribution in [0.1, 0.15) is 23.3 Å². The van der Waals surface area contributed by atoms with E-state index in [1.54, 1.807) is 0 Å². The zero-order chi connectivity index (χ0) is 15.2. The van der Waals surface area contributed by atoms with Crippen molar-refractivity contribution in [3.8, 4) is 11.3 Å². The van der Waals surface area contributed by atoms with Crippen molar-refractivity contribution < 1.29 is 4.79 Å². The van der Waals surface area contributed by atoms with E-state index in [-0.39, 0.29) is 5.91 Å². The van der Waals surface area contributed by atoms with E-state index in [2.05, 4.69) is 46.8 Å². The van der Waals surface area contributed by atoms with Crippen LogP contribution in [-0.2, 0) is 4.79 Å². The van der Waals surface area contributed by atoms with Crippen LogP contribution in [0.25, 0.3) is 11.3 Å². The van der Waals surface area contributed by atoms with Crippen molar-refractivity contribution in [1.29, 1.82) is 0 Å². The van der Waals surface area contributed by atoms with Gasteiger partial charge in [0.2, 0.25) is 5.91 Å². The zero-order valence-corrected chi connectivity index (χ0v) is 13.5. The number of aromatic nitrogens is 1. The summed E-state index contributed by atoms with van der Waals surface area (Å²) in [5, 5.41) is 6.60. The normalized spacial score (nSPS) is 10.6. The molecule has 1 aromatic carbocycles. The Kier molecular flexibility index (Phi) is 5.47. The van der Waals surface area contributed by atoms with Crippen molar-refractivity contribution in [1.82, 2.24) is 10.3 Å². The van der Waals surface area contributed by atoms with E-state index < -0.39 is 0 Å². The molecule has 1 heterocycles. The van der Waals surface area contributed by atoms with Crippen molar-refractivity contribution in [2.75, 3.05) is 18.9 Å². The molecule has 0 bridgehead atoms. The highest BCUT2D eigenvalue weighted by atomic mass is 32.1. The summed E-state index contributed by atoms with van der Waals surface area (Å²) in [4.78, 5) is 17.5. The summed E-state index contributed by atoms with van der Waals surface area (Å²) >= 11 is 1.52. The summed E-state index contributed by atoms with van der Waals surface area (Å²) in [5.41, 5.74) is 3.26. The average molecular weight is 303 g/mol. The second kappa shape index (κ2) is 7.33. The number of nitrogens with one attached hydrogen (secondary N) is 2. The van der Waals surface area contributed by atoms with Gasteiger partial charge in [0.15, 0.2) is 5.13 Å². The van der Waals surface area contributed by atoms with E-state index in [9.17, 15) is 4.79 Å². The molecule has 0 aliphatic rings. The molecule has 0 unspecified atom stereocenters. The Morgan fingerprint density at radius 1 is 1.24 bits per heavy atom. The first-order valence-corrected chi connectivity index (χ1v) is 7.90. The number of anilines is 1. The molecule has 0 spiro atoms. The number of benzene rings is 1. The van der Waals surface area contributed by atoms with E-state index in [0.717, 1.165) is 29.1 Å². The van der Waals surface area contributed by atoms with Gasteiger partial charge in [0, 0.05) is 16.9 Å². The minimum Gasteiger partial charge on any atom is -0.320 e. The van der Waals surface area contributed by atoms with Gasteiger partial charge in [-0.15, -0.1) is 11.3 Å². The van der Waals surface area contributed by atoms with Crippen molar-refractivity contribution >= 4 is 22.4 Å². The highest BCUT2D eigenvalue weighted by molar-refractivity contribution is 7.16. The number of rotatable bonds is 6. The number of nitrogens with zero attached hydrogens (tertiary/aromatic N) is 1. The van der Waals surface area contributed by atoms with Gasteiger partial charge in [0.25, 0.3) is 0 Å². The quantitative estimate of drug-likeness (QED) is 0.805. The lowest BCUT2D eigenvalue weighted by Crippen LogP contribution is -2.15. The van der Waals surface area contributed by atoms with Crippen LogP contribution in [-0.4, -0.2) is 24.5 Å². The highest BCUT2D eigenvalue weighted by Gasteiger charge is 2.11.